The monoisotopic (exact) mass is 391 g/mol. The van der Waals surface area contributed by atoms with Crippen molar-refractivity contribution in [2.45, 2.75) is 18.2 Å². The number of carboxylic acids is 1. The average Bonchev–Trinajstić information content (AvgIpc) is 2.67. The van der Waals surface area contributed by atoms with Crippen molar-refractivity contribution in [3.05, 3.63) is 42.5 Å². The maximum atomic E-state index is 13.1. The number of carboxylic acid groups (broad SMARTS) is 1. The Bertz CT molecular complexity index is 971. The molecule has 8 heteroatoms. The van der Waals surface area contributed by atoms with Crippen LogP contribution in [-0.4, -0.2) is 49.5 Å². The van der Waals surface area contributed by atoms with Crippen LogP contribution in [0, 0.1) is 11.8 Å². The Morgan fingerprint density at radius 3 is 2.44 bits per heavy atom. The molecule has 1 heterocycles. The molecule has 2 atom stereocenters. The predicted octanol–water partition coefficient (Wildman–Crippen LogP) is 2.11. The van der Waals surface area contributed by atoms with Crippen LogP contribution < -0.4 is 0 Å². The third-order valence-corrected chi connectivity index (χ3v) is 6.57. The van der Waals surface area contributed by atoms with E-state index in [1.165, 1.54) is 6.07 Å². The number of aliphatic carboxylic acids is 1. The van der Waals surface area contributed by atoms with Crippen molar-refractivity contribution in [3.8, 4) is 0 Å². The molecule has 0 saturated carbocycles. The molecule has 0 aliphatic carbocycles. The van der Waals surface area contributed by atoms with Gasteiger partial charge >= 0.3 is 11.9 Å². The van der Waals surface area contributed by atoms with Gasteiger partial charge in [0.15, 0.2) is 0 Å². The zero-order valence-electron chi connectivity index (χ0n) is 14.9. The van der Waals surface area contributed by atoms with Gasteiger partial charge in [0.05, 0.1) is 23.3 Å². The summed E-state index contributed by atoms with van der Waals surface area (Å²) in [6.07, 6.45) is 0.0674. The minimum Gasteiger partial charge on any atom is -0.481 e. The van der Waals surface area contributed by atoms with E-state index < -0.39 is 33.8 Å². The van der Waals surface area contributed by atoms with Gasteiger partial charge in [-0.2, -0.15) is 4.31 Å². The van der Waals surface area contributed by atoms with Gasteiger partial charge in [-0.25, -0.2) is 8.42 Å². The lowest BCUT2D eigenvalue weighted by Crippen LogP contribution is -2.48. The molecular formula is C19H21NO6S. The first-order valence-corrected chi connectivity index (χ1v) is 10.2. The lowest BCUT2D eigenvalue weighted by atomic mass is 9.90. The number of ether oxygens (including phenoxy) is 1. The fourth-order valence-electron chi connectivity index (χ4n) is 3.34. The Balaban J connectivity index is 1.94. The summed E-state index contributed by atoms with van der Waals surface area (Å²) in [5.74, 6) is -3.44. The van der Waals surface area contributed by atoms with E-state index in [9.17, 15) is 23.1 Å². The van der Waals surface area contributed by atoms with Crippen molar-refractivity contribution in [1.29, 1.82) is 0 Å². The Morgan fingerprint density at radius 1 is 1.11 bits per heavy atom. The second-order valence-corrected chi connectivity index (χ2v) is 8.49. The quantitative estimate of drug-likeness (QED) is 0.784. The van der Waals surface area contributed by atoms with Gasteiger partial charge in [0.1, 0.15) is 0 Å². The number of hydrogen-bond acceptors (Lipinski definition) is 5. The van der Waals surface area contributed by atoms with Gasteiger partial charge in [-0.3, -0.25) is 9.59 Å². The molecule has 2 aromatic rings. The number of carbonyl (C=O) groups is 2. The first kappa shape index (κ1) is 19.3. The second kappa shape index (κ2) is 7.66. The Hall–Kier alpha value is -2.45. The molecule has 0 bridgehead atoms. The minimum atomic E-state index is -3.94. The van der Waals surface area contributed by atoms with Crippen LogP contribution in [-0.2, 0) is 24.3 Å². The molecule has 2 unspecified atom stereocenters. The Labute approximate surface area is 157 Å². The topological polar surface area (TPSA) is 101 Å². The van der Waals surface area contributed by atoms with Crippen molar-refractivity contribution >= 4 is 32.7 Å². The molecule has 0 spiro atoms. The number of fused-ring (bicyclic) bond motifs is 1. The van der Waals surface area contributed by atoms with Crippen molar-refractivity contribution in [3.63, 3.8) is 0 Å². The lowest BCUT2D eigenvalue weighted by molar-refractivity contribution is -0.152. The molecule has 144 valence electrons. The molecule has 2 aromatic carbocycles. The number of carbonyl (C=O) groups excluding carboxylic acids is 1. The zero-order valence-corrected chi connectivity index (χ0v) is 15.7. The van der Waals surface area contributed by atoms with Crippen LogP contribution in [0.2, 0.25) is 0 Å². The van der Waals surface area contributed by atoms with Gasteiger partial charge in [-0.15, -0.1) is 0 Å². The van der Waals surface area contributed by atoms with Crippen LogP contribution in [0.25, 0.3) is 10.8 Å². The summed E-state index contributed by atoms with van der Waals surface area (Å²) in [5, 5.41) is 11.1. The van der Waals surface area contributed by atoms with Crippen LogP contribution in [0.5, 0.6) is 0 Å². The first-order chi connectivity index (χ1) is 12.8. The van der Waals surface area contributed by atoms with Crippen molar-refractivity contribution in [2.24, 2.45) is 11.8 Å². The third-order valence-electron chi connectivity index (χ3n) is 4.74. The van der Waals surface area contributed by atoms with Gasteiger partial charge in [-0.05, 0) is 36.2 Å². The van der Waals surface area contributed by atoms with E-state index in [1.54, 1.807) is 19.1 Å². The van der Waals surface area contributed by atoms with E-state index in [1.807, 2.05) is 24.3 Å². The van der Waals surface area contributed by atoms with E-state index >= 15 is 0 Å². The SMILES string of the molecule is CCOC(=O)C1CC(C(=O)O)CN(S(=O)(=O)c2ccc3ccccc3c2)C1. The fourth-order valence-corrected chi connectivity index (χ4v) is 4.91. The highest BCUT2D eigenvalue weighted by Crippen LogP contribution is 2.29. The summed E-state index contributed by atoms with van der Waals surface area (Å²) in [6, 6.07) is 12.1. The van der Waals surface area contributed by atoms with Crippen LogP contribution in [0.4, 0.5) is 0 Å². The normalized spacial score (nSPS) is 21.1. The van der Waals surface area contributed by atoms with Crippen molar-refractivity contribution in [1.82, 2.24) is 4.31 Å². The van der Waals surface area contributed by atoms with Gasteiger partial charge in [0.25, 0.3) is 0 Å². The Kier molecular flexibility index (Phi) is 5.48. The number of rotatable bonds is 5. The summed E-state index contributed by atoms with van der Waals surface area (Å²) < 4.78 is 32.3. The molecule has 1 aliphatic heterocycles. The van der Waals surface area contributed by atoms with E-state index in [2.05, 4.69) is 0 Å². The van der Waals surface area contributed by atoms with Crippen LogP contribution in [0.3, 0.4) is 0 Å². The number of esters is 1. The van der Waals surface area contributed by atoms with Crippen molar-refractivity contribution < 1.29 is 27.9 Å². The maximum absolute atomic E-state index is 13.1. The molecule has 0 radical (unpaired) electrons. The number of sulfonamides is 1. The standard InChI is InChI=1S/C19H21NO6S/c1-2-26-19(23)16-9-15(18(21)22)11-20(12-16)27(24,25)17-8-7-13-5-3-4-6-14(13)10-17/h3-8,10,15-16H,2,9,11-12H2,1H3,(H,21,22). The van der Waals surface area contributed by atoms with Crippen LogP contribution in [0.15, 0.2) is 47.4 Å². The van der Waals surface area contributed by atoms with Crippen molar-refractivity contribution in [2.75, 3.05) is 19.7 Å². The minimum absolute atomic E-state index is 0.0674. The molecule has 1 aliphatic rings. The van der Waals surface area contributed by atoms with Crippen LogP contribution in [0.1, 0.15) is 13.3 Å². The molecular weight excluding hydrogens is 370 g/mol. The second-order valence-electron chi connectivity index (χ2n) is 6.55. The summed E-state index contributed by atoms with van der Waals surface area (Å²) in [6.45, 7) is 1.56. The van der Waals surface area contributed by atoms with E-state index in [0.717, 1.165) is 15.1 Å². The largest absolute Gasteiger partial charge is 0.481 e. The molecule has 0 aromatic heterocycles. The smallest absolute Gasteiger partial charge is 0.310 e. The molecule has 1 fully saturated rings. The zero-order chi connectivity index (χ0) is 19.6. The van der Waals surface area contributed by atoms with Crippen LogP contribution >= 0.6 is 0 Å². The highest BCUT2D eigenvalue weighted by molar-refractivity contribution is 7.89. The van der Waals surface area contributed by atoms with E-state index in [0.29, 0.717) is 0 Å². The highest BCUT2D eigenvalue weighted by atomic mass is 32.2. The molecule has 1 N–H and O–H groups in total. The predicted molar refractivity (Wildman–Crippen MR) is 98.6 cm³/mol. The summed E-state index contributed by atoms with van der Waals surface area (Å²) >= 11 is 0. The summed E-state index contributed by atoms with van der Waals surface area (Å²) in [7, 11) is -3.94. The van der Waals surface area contributed by atoms with E-state index in [4.69, 9.17) is 4.74 Å². The maximum Gasteiger partial charge on any atom is 0.310 e. The van der Waals surface area contributed by atoms with Gasteiger partial charge in [0.2, 0.25) is 10.0 Å². The highest BCUT2D eigenvalue weighted by Gasteiger charge is 2.40. The lowest BCUT2D eigenvalue weighted by Gasteiger charge is -2.34. The van der Waals surface area contributed by atoms with E-state index in [-0.39, 0.29) is 31.0 Å². The molecule has 27 heavy (non-hydrogen) atoms. The summed E-state index contributed by atoms with van der Waals surface area (Å²) in [5.41, 5.74) is 0. The fraction of sp³-hybridized carbons (Fsp3) is 0.368. The molecule has 3 rings (SSSR count). The Morgan fingerprint density at radius 2 is 1.78 bits per heavy atom. The number of piperidine rings is 1. The molecule has 0 amide bonds. The molecule has 7 nitrogen and oxygen atoms in total. The summed E-state index contributed by atoms with van der Waals surface area (Å²) in [4.78, 5) is 23.7. The van der Waals surface area contributed by atoms with Gasteiger partial charge in [0, 0.05) is 13.1 Å². The van der Waals surface area contributed by atoms with Gasteiger partial charge in [-0.1, -0.05) is 30.3 Å². The molecule has 1 saturated heterocycles. The number of hydrogen-bond donors (Lipinski definition) is 1. The van der Waals surface area contributed by atoms with Gasteiger partial charge < -0.3 is 9.84 Å². The number of benzene rings is 2. The average molecular weight is 391 g/mol. The number of nitrogens with zero attached hydrogens (tertiary/aromatic N) is 1. The first-order valence-electron chi connectivity index (χ1n) is 8.71. The third kappa shape index (κ3) is 3.96.